The molecule has 0 radical (unpaired) electrons. The Morgan fingerprint density at radius 1 is 0.950 bits per heavy atom. The van der Waals surface area contributed by atoms with Crippen LogP contribution in [0.5, 0.6) is 5.75 Å². The van der Waals surface area contributed by atoms with Crippen LogP contribution in [0.25, 0.3) is 0 Å². The molecule has 2 heteroatoms. The molecule has 0 bridgehead atoms. The minimum Gasteiger partial charge on any atom is -0.497 e. The minimum atomic E-state index is 0.420. The third-order valence-electron chi connectivity index (χ3n) is 3.86. The van der Waals surface area contributed by atoms with Crippen molar-refractivity contribution < 1.29 is 4.74 Å². The zero-order valence-corrected chi connectivity index (χ0v) is 12.5. The van der Waals surface area contributed by atoms with Crippen LogP contribution >= 0.6 is 0 Å². The van der Waals surface area contributed by atoms with Gasteiger partial charge in [0.05, 0.1) is 7.11 Å². The van der Waals surface area contributed by atoms with Crippen LogP contribution in [0.4, 0.5) is 0 Å². The average Bonchev–Trinajstić information content (AvgIpc) is 2.53. The minimum absolute atomic E-state index is 0.420. The Balaban J connectivity index is 1.92. The normalized spacial score (nSPS) is 13.8. The Hall–Kier alpha value is -1.80. The maximum atomic E-state index is 5.20. The van der Waals surface area contributed by atoms with Crippen LogP contribution in [0.3, 0.4) is 0 Å². The highest BCUT2D eigenvalue weighted by Gasteiger charge is 2.13. The van der Waals surface area contributed by atoms with E-state index in [1.165, 1.54) is 11.1 Å². The number of hydrogen-bond acceptors (Lipinski definition) is 2. The quantitative estimate of drug-likeness (QED) is 0.856. The van der Waals surface area contributed by atoms with Crippen LogP contribution in [0.15, 0.2) is 54.6 Å². The van der Waals surface area contributed by atoms with Gasteiger partial charge in [-0.3, -0.25) is 0 Å². The summed E-state index contributed by atoms with van der Waals surface area (Å²) in [5, 5.41) is 3.59. The molecule has 0 aromatic heterocycles. The zero-order valence-electron chi connectivity index (χ0n) is 12.5. The first kappa shape index (κ1) is 14.6. The predicted octanol–water partition coefficient (Wildman–Crippen LogP) is 3.98. The van der Waals surface area contributed by atoms with Crippen molar-refractivity contribution in [2.75, 3.05) is 7.11 Å². The van der Waals surface area contributed by atoms with E-state index in [4.69, 9.17) is 4.74 Å². The first-order valence-corrected chi connectivity index (χ1v) is 7.12. The number of nitrogens with one attached hydrogen (secondary N) is 1. The number of hydrogen-bond donors (Lipinski definition) is 1. The third-order valence-corrected chi connectivity index (χ3v) is 3.86. The van der Waals surface area contributed by atoms with Crippen LogP contribution in [0, 0.1) is 0 Å². The van der Waals surface area contributed by atoms with Crippen molar-refractivity contribution in [1.82, 2.24) is 5.32 Å². The molecule has 106 valence electrons. The molecule has 20 heavy (non-hydrogen) atoms. The molecule has 0 fully saturated rings. The zero-order chi connectivity index (χ0) is 14.4. The Morgan fingerprint density at radius 2 is 1.60 bits per heavy atom. The first-order chi connectivity index (χ1) is 9.70. The van der Waals surface area contributed by atoms with Gasteiger partial charge in [0.2, 0.25) is 0 Å². The highest BCUT2D eigenvalue weighted by atomic mass is 16.5. The standard InChI is InChI=1S/C18H23NO/c1-14(17-9-11-18(20-3)12-10-17)15(2)19-13-16-7-5-4-6-8-16/h4-12,14-15,19H,13H2,1-3H3/t14-,15+/m0/s1. The van der Waals surface area contributed by atoms with Gasteiger partial charge in [0.15, 0.2) is 0 Å². The SMILES string of the molecule is COc1ccc([C@@H](C)[C@@H](C)NCc2ccccc2)cc1. The topological polar surface area (TPSA) is 21.3 Å². The highest BCUT2D eigenvalue weighted by Crippen LogP contribution is 2.22. The van der Waals surface area contributed by atoms with E-state index in [0.717, 1.165) is 12.3 Å². The van der Waals surface area contributed by atoms with Crippen LogP contribution in [0.2, 0.25) is 0 Å². The van der Waals surface area contributed by atoms with Crippen LogP contribution < -0.4 is 10.1 Å². The summed E-state index contributed by atoms with van der Waals surface area (Å²) in [6.07, 6.45) is 0. The Kier molecular flexibility index (Phi) is 5.19. The summed E-state index contributed by atoms with van der Waals surface area (Å²) in [7, 11) is 1.70. The van der Waals surface area contributed by atoms with Gasteiger partial charge in [0.25, 0.3) is 0 Å². The van der Waals surface area contributed by atoms with E-state index in [9.17, 15) is 0 Å². The molecule has 0 amide bonds. The van der Waals surface area contributed by atoms with E-state index in [2.05, 4.69) is 55.6 Å². The fourth-order valence-corrected chi connectivity index (χ4v) is 2.25. The van der Waals surface area contributed by atoms with Gasteiger partial charge in [-0.2, -0.15) is 0 Å². The van der Waals surface area contributed by atoms with E-state index in [-0.39, 0.29) is 0 Å². The van der Waals surface area contributed by atoms with Crippen molar-refractivity contribution in [2.24, 2.45) is 0 Å². The van der Waals surface area contributed by atoms with E-state index in [1.54, 1.807) is 7.11 Å². The van der Waals surface area contributed by atoms with Crippen molar-refractivity contribution in [3.8, 4) is 5.75 Å². The maximum absolute atomic E-state index is 5.20. The van der Waals surface area contributed by atoms with Gasteiger partial charge in [0.1, 0.15) is 5.75 Å². The summed E-state index contributed by atoms with van der Waals surface area (Å²) in [4.78, 5) is 0. The lowest BCUT2D eigenvalue weighted by atomic mass is 9.94. The third kappa shape index (κ3) is 3.84. The highest BCUT2D eigenvalue weighted by molar-refractivity contribution is 5.29. The van der Waals surface area contributed by atoms with Gasteiger partial charge < -0.3 is 10.1 Å². The fraction of sp³-hybridized carbons (Fsp3) is 0.333. The van der Waals surface area contributed by atoms with Crippen LogP contribution in [-0.2, 0) is 6.54 Å². The van der Waals surface area contributed by atoms with Gasteiger partial charge in [-0.05, 0) is 36.1 Å². The van der Waals surface area contributed by atoms with Crippen molar-refractivity contribution in [3.63, 3.8) is 0 Å². The lowest BCUT2D eigenvalue weighted by Crippen LogP contribution is -2.30. The molecule has 0 saturated heterocycles. The molecule has 0 unspecified atom stereocenters. The largest absolute Gasteiger partial charge is 0.497 e. The maximum Gasteiger partial charge on any atom is 0.118 e. The lowest BCUT2D eigenvalue weighted by Gasteiger charge is -2.22. The van der Waals surface area contributed by atoms with E-state index < -0.39 is 0 Å². The lowest BCUT2D eigenvalue weighted by molar-refractivity contribution is 0.414. The van der Waals surface area contributed by atoms with Gasteiger partial charge in [-0.1, -0.05) is 49.4 Å². The monoisotopic (exact) mass is 269 g/mol. The molecule has 2 nitrogen and oxygen atoms in total. The average molecular weight is 269 g/mol. The molecule has 2 rings (SSSR count). The summed E-state index contributed by atoms with van der Waals surface area (Å²) in [6.45, 7) is 5.39. The summed E-state index contributed by atoms with van der Waals surface area (Å²) in [5.74, 6) is 1.37. The van der Waals surface area contributed by atoms with E-state index >= 15 is 0 Å². The van der Waals surface area contributed by atoms with Crippen LogP contribution in [-0.4, -0.2) is 13.2 Å². The number of methoxy groups -OCH3 is 1. The van der Waals surface area contributed by atoms with Gasteiger partial charge in [-0.15, -0.1) is 0 Å². The molecule has 0 aliphatic heterocycles. The Bertz CT molecular complexity index is 507. The number of benzene rings is 2. The molecule has 0 heterocycles. The van der Waals surface area contributed by atoms with Gasteiger partial charge in [0, 0.05) is 12.6 Å². The second-order valence-electron chi connectivity index (χ2n) is 5.22. The Morgan fingerprint density at radius 3 is 2.20 bits per heavy atom. The smallest absolute Gasteiger partial charge is 0.118 e. The molecule has 2 aromatic carbocycles. The second-order valence-corrected chi connectivity index (χ2v) is 5.22. The van der Waals surface area contributed by atoms with E-state index in [1.807, 2.05) is 18.2 Å². The molecule has 0 spiro atoms. The summed E-state index contributed by atoms with van der Waals surface area (Å²) < 4.78 is 5.20. The molecular formula is C18H23NO. The molecule has 2 aromatic rings. The van der Waals surface area contributed by atoms with Gasteiger partial charge in [-0.25, -0.2) is 0 Å². The first-order valence-electron chi connectivity index (χ1n) is 7.12. The summed E-state index contributed by atoms with van der Waals surface area (Å²) >= 11 is 0. The van der Waals surface area contributed by atoms with Crippen LogP contribution in [0.1, 0.15) is 30.9 Å². The molecule has 2 atom stereocenters. The van der Waals surface area contributed by atoms with Crippen molar-refractivity contribution in [2.45, 2.75) is 32.4 Å². The fourth-order valence-electron chi connectivity index (χ4n) is 2.25. The molecule has 0 aliphatic carbocycles. The van der Waals surface area contributed by atoms with Crippen molar-refractivity contribution in [1.29, 1.82) is 0 Å². The summed E-state index contributed by atoms with van der Waals surface area (Å²) in [5.41, 5.74) is 2.65. The molecule has 0 saturated carbocycles. The van der Waals surface area contributed by atoms with Crippen molar-refractivity contribution >= 4 is 0 Å². The van der Waals surface area contributed by atoms with E-state index in [0.29, 0.717) is 12.0 Å². The second kappa shape index (κ2) is 7.11. The predicted molar refractivity (Wildman–Crippen MR) is 84.2 cm³/mol. The number of rotatable bonds is 6. The molecular weight excluding hydrogens is 246 g/mol. The molecule has 1 N–H and O–H groups in total. The molecule has 0 aliphatic rings. The van der Waals surface area contributed by atoms with Crippen molar-refractivity contribution in [3.05, 3.63) is 65.7 Å². The Labute approximate surface area is 121 Å². The van der Waals surface area contributed by atoms with Gasteiger partial charge >= 0.3 is 0 Å². The number of ether oxygens (including phenoxy) is 1. The summed E-state index contributed by atoms with van der Waals surface area (Å²) in [6, 6.07) is 19.3.